The topological polar surface area (TPSA) is 49.9 Å². The molecule has 2 aliphatic rings. The van der Waals surface area contributed by atoms with E-state index in [0.717, 1.165) is 10.2 Å². The third kappa shape index (κ3) is 2.86. The summed E-state index contributed by atoms with van der Waals surface area (Å²) in [6.07, 6.45) is 0.112. The molecular formula is C19H16BrFN2O3. The largest absolute Gasteiger partial charge is 0.489 e. The van der Waals surface area contributed by atoms with Crippen LogP contribution in [0.15, 0.2) is 46.9 Å². The number of carbonyl (C=O) groups excluding carboxylic acids is 2. The second-order valence-corrected chi connectivity index (χ2v) is 7.14. The highest BCUT2D eigenvalue weighted by Crippen LogP contribution is 2.37. The molecule has 0 spiro atoms. The van der Waals surface area contributed by atoms with Gasteiger partial charge >= 0.3 is 0 Å². The molecule has 0 N–H and O–H groups in total. The SMILES string of the molecule is O=C1CC(C(=O)N2CCOc3cccc(F)c32)CN1c1ccccc1Br. The summed E-state index contributed by atoms with van der Waals surface area (Å²) in [5.74, 6) is -1.01. The summed E-state index contributed by atoms with van der Waals surface area (Å²) >= 11 is 3.44. The Hall–Kier alpha value is -2.41. The van der Waals surface area contributed by atoms with Crippen LogP contribution in [-0.2, 0) is 9.59 Å². The summed E-state index contributed by atoms with van der Waals surface area (Å²) in [4.78, 5) is 28.5. The quantitative estimate of drug-likeness (QED) is 0.750. The highest BCUT2D eigenvalue weighted by molar-refractivity contribution is 9.10. The molecular weight excluding hydrogens is 403 g/mol. The van der Waals surface area contributed by atoms with Gasteiger partial charge in [0.25, 0.3) is 0 Å². The minimum Gasteiger partial charge on any atom is -0.489 e. The van der Waals surface area contributed by atoms with Gasteiger partial charge in [0, 0.05) is 17.4 Å². The first-order chi connectivity index (χ1) is 12.6. The van der Waals surface area contributed by atoms with Crippen LogP contribution in [0.4, 0.5) is 15.8 Å². The van der Waals surface area contributed by atoms with Crippen molar-refractivity contribution in [3.8, 4) is 5.75 Å². The lowest BCUT2D eigenvalue weighted by atomic mass is 10.1. The van der Waals surface area contributed by atoms with Crippen LogP contribution in [0.25, 0.3) is 0 Å². The van der Waals surface area contributed by atoms with Crippen molar-refractivity contribution in [1.82, 2.24) is 0 Å². The van der Waals surface area contributed by atoms with Gasteiger partial charge in [0.2, 0.25) is 11.8 Å². The first-order valence-corrected chi connectivity index (χ1v) is 9.13. The average molecular weight is 419 g/mol. The molecule has 134 valence electrons. The fourth-order valence-corrected chi connectivity index (χ4v) is 3.95. The lowest BCUT2D eigenvalue weighted by molar-refractivity contribution is -0.124. The number of fused-ring (bicyclic) bond motifs is 1. The molecule has 26 heavy (non-hydrogen) atoms. The molecule has 2 amide bonds. The molecule has 0 radical (unpaired) electrons. The van der Waals surface area contributed by atoms with Crippen molar-refractivity contribution < 1.29 is 18.7 Å². The van der Waals surface area contributed by atoms with Gasteiger partial charge < -0.3 is 14.5 Å². The van der Waals surface area contributed by atoms with Crippen LogP contribution >= 0.6 is 15.9 Å². The zero-order valence-electron chi connectivity index (χ0n) is 13.8. The van der Waals surface area contributed by atoms with E-state index in [0.29, 0.717) is 12.4 Å². The lowest BCUT2D eigenvalue weighted by Crippen LogP contribution is -2.42. The molecule has 2 aromatic carbocycles. The van der Waals surface area contributed by atoms with Gasteiger partial charge in [-0.3, -0.25) is 9.59 Å². The highest BCUT2D eigenvalue weighted by Gasteiger charge is 2.40. The monoisotopic (exact) mass is 418 g/mol. The molecule has 2 aromatic rings. The van der Waals surface area contributed by atoms with E-state index < -0.39 is 11.7 Å². The molecule has 0 aromatic heterocycles. The van der Waals surface area contributed by atoms with E-state index in [4.69, 9.17) is 4.74 Å². The predicted molar refractivity (Wildman–Crippen MR) is 98.9 cm³/mol. The second kappa shape index (κ2) is 6.72. The van der Waals surface area contributed by atoms with E-state index in [1.54, 1.807) is 17.0 Å². The molecule has 1 saturated heterocycles. The molecule has 2 aliphatic heterocycles. The Morgan fingerprint density at radius 1 is 1.19 bits per heavy atom. The van der Waals surface area contributed by atoms with Gasteiger partial charge in [0.15, 0.2) is 5.82 Å². The van der Waals surface area contributed by atoms with Crippen LogP contribution in [0.5, 0.6) is 5.75 Å². The Morgan fingerprint density at radius 3 is 2.81 bits per heavy atom. The van der Waals surface area contributed by atoms with Crippen LogP contribution in [0.1, 0.15) is 6.42 Å². The number of hydrogen-bond acceptors (Lipinski definition) is 3. The van der Waals surface area contributed by atoms with Crippen molar-refractivity contribution in [3.05, 3.63) is 52.8 Å². The molecule has 0 aliphatic carbocycles. The van der Waals surface area contributed by atoms with Gasteiger partial charge in [0.1, 0.15) is 18.0 Å². The summed E-state index contributed by atoms with van der Waals surface area (Å²) < 4.78 is 20.5. The van der Waals surface area contributed by atoms with Gasteiger partial charge in [-0.15, -0.1) is 0 Å². The molecule has 5 nitrogen and oxygen atoms in total. The molecule has 0 saturated carbocycles. The lowest BCUT2D eigenvalue weighted by Gasteiger charge is -2.31. The highest BCUT2D eigenvalue weighted by atomic mass is 79.9. The Morgan fingerprint density at radius 2 is 2.00 bits per heavy atom. The minimum atomic E-state index is -0.514. The number of benzene rings is 2. The minimum absolute atomic E-state index is 0.112. The van der Waals surface area contributed by atoms with E-state index in [-0.39, 0.29) is 37.0 Å². The third-order valence-corrected chi connectivity index (χ3v) is 5.35. The van der Waals surface area contributed by atoms with Gasteiger partial charge in [-0.2, -0.15) is 0 Å². The maximum absolute atomic E-state index is 14.3. The summed E-state index contributed by atoms with van der Waals surface area (Å²) in [7, 11) is 0. The van der Waals surface area contributed by atoms with Crippen molar-refractivity contribution in [1.29, 1.82) is 0 Å². The van der Waals surface area contributed by atoms with E-state index in [2.05, 4.69) is 15.9 Å². The van der Waals surface area contributed by atoms with Crippen LogP contribution in [-0.4, -0.2) is 31.5 Å². The van der Waals surface area contributed by atoms with E-state index >= 15 is 0 Å². The zero-order valence-corrected chi connectivity index (χ0v) is 15.4. The fraction of sp³-hybridized carbons (Fsp3) is 0.263. The van der Waals surface area contributed by atoms with E-state index in [9.17, 15) is 14.0 Å². The van der Waals surface area contributed by atoms with Crippen LogP contribution < -0.4 is 14.5 Å². The smallest absolute Gasteiger partial charge is 0.232 e. The van der Waals surface area contributed by atoms with Gasteiger partial charge in [-0.1, -0.05) is 18.2 Å². The van der Waals surface area contributed by atoms with Crippen LogP contribution in [0.2, 0.25) is 0 Å². The normalized spacial score (nSPS) is 19.3. The number of carbonyl (C=O) groups is 2. The number of anilines is 2. The predicted octanol–water partition coefficient (Wildman–Crippen LogP) is 3.37. The number of hydrogen-bond donors (Lipinski definition) is 0. The van der Waals surface area contributed by atoms with Gasteiger partial charge in [-0.05, 0) is 40.2 Å². The van der Waals surface area contributed by atoms with E-state index in [1.165, 1.54) is 11.0 Å². The number of nitrogens with zero attached hydrogens (tertiary/aromatic N) is 2. The second-order valence-electron chi connectivity index (χ2n) is 6.28. The van der Waals surface area contributed by atoms with Crippen LogP contribution in [0, 0.1) is 11.7 Å². The summed E-state index contributed by atoms with van der Waals surface area (Å²) in [5.41, 5.74) is 0.900. The number of rotatable bonds is 2. The van der Waals surface area contributed by atoms with Gasteiger partial charge in [0.05, 0.1) is 18.2 Å². The van der Waals surface area contributed by atoms with Crippen molar-refractivity contribution in [2.75, 3.05) is 29.5 Å². The Labute approximate surface area is 158 Å². The van der Waals surface area contributed by atoms with Crippen molar-refractivity contribution in [3.63, 3.8) is 0 Å². The first-order valence-electron chi connectivity index (χ1n) is 8.34. The van der Waals surface area contributed by atoms with Crippen LogP contribution in [0.3, 0.4) is 0 Å². The molecule has 1 unspecified atom stereocenters. The Kier molecular flexibility index (Phi) is 4.40. The summed E-state index contributed by atoms with van der Waals surface area (Å²) in [5, 5.41) is 0. The number of halogens is 2. The molecule has 2 heterocycles. The van der Waals surface area contributed by atoms with Crippen molar-refractivity contribution in [2.45, 2.75) is 6.42 Å². The Bertz CT molecular complexity index is 889. The summed E-state index contributed by atoms with van der Waals surface area (Å²) in [6, 6.07) is 11.9. The maximum atomic E-state index is 14.3. The van der Waals surface area contributed by atoms with Gasteiger partial charge in [-0.25, -0.2) is 4.39 Å². The molecule has 7 heteroatoms. The number of para-hydroxylation sites is 2. The fourth-order valence-electron chi connectivity index (χ4n) is 3.45. The number of ether oxygens (including phenoxy) is 1. The van der Waals surface area contributed by atoms with Crippen molar-refractivity contribution in [2.24, 2.45) is 5.92 Å². The average Bonchev–Trinajstić information content (AvgIpc) is 3.03. The Balaban J connectivity index is 1.60. The first kappa shape index (κ1) is 17.0. The maximum Gasteiger partial charge on any atom is 0.232 e. The molecule has 0 bridgehead atoms. The summed E-state index contributed by atoms with van der Waals surface area (Å²) in [6.45, 7) is 0.852. The number of amides is 2. The molecule has 1 atom stereocenters. The molecule has 4 rings (SSSR count). The molecule has 1 fully saturated rings. The third-order valence-electron chi connectivity index (χ3n) is 4.68. The standard InChI is InChI=1S/C19H16BrFN2O3/c20-13-4-1-2-6-15(13)23-11-12(10-17(23)24)19(25)22-8-9-26-16-7-3-5-14(21)18(16)22/h1-7,12H,8-11H2. The van der Waals surface area contributed by atoms with Crippen molar-refractivity contribution >= 4 is 39.1 Å². The van der Waals surface area contributed by atoms with E-state index in [1.807, 2.05) is 24.3 Å². The zero-order chi connectivity index (χ0) is 18.3.